The third kappa shape index (κ3) is 3.62. The number of fused-ring (bicyclic) bond motifs is 1. The van der Waals surface area contributed by atoms with Gasteiger partial charge in [-0.1, -0.05) is 22.9 Å². The summed E-state index contributed by atoms with van der Waals surface area (Å²) >= 11 is 7.08. The van der Waals surface area contributed by atoms with Gasteiger partial charge in [-0.3, -0.25) is 14.4 Å². The summed E-state index contributed by atoms with van der Waals surface area (Å²) in [7, 11) is 0. The van der Waals surface area contributed by atoms with Crippen LogP contribution in [0.25, 0.3) is 10.9 Å². The van der Waals surface area contributed by atoms with Gasteiger partial charge in [-0.25, -0.2) is 4.98 Å². The van der Waals surface area contributed by atoms with E-state index in [9.17, 15) is 14.4 Å². The highest BCUT2D eigenvalue weighted by Gasteiger charge is 2.14. The second-order valence-corrected chi connectivity index (χ2v) is 6.94. The summed E-state index contributed by atoms with van der Waals surface area (Å²) < 4.78 is 1.66. The normalized spacial score (nSPS) is 10.8. The van der Waals surface area contributed by atoms with Crippen LogP contribution < -0.4 is 10.7 Å². The first-order valence-electron chi connectivity index (χ1n) is 7.42. The van der Waals surface area contributed by atoms with E-state index in [0.29, 0.717) is 31.6 Å². The van der Waals surface area contributed by atoms with Crippen LogP contribution in [0.5, 0.6) is 0 Å². The van der Waals surface area contributed by atoms with Crippen molar-refractivity contribution in [3.05, 3.63) is 56.3 Å². The standard InChI is InChI=1S/C17H14ClN3O3S/c1-9-16(10(2)22)25-17(19-9)20-15(24)8-21-6-5-14(23)12-7-11(18)3-4-13(12)21/h3-7H,8H2,1-2H3,(H,19,20,24). The van der Waals surface area contributed by atoms with Crippen LogP contribution in [0.4, 0.5) is 5.13 Å². The number of nitrogens with zero attached hydrogens (tertiary/aromatic N) is 2. The fraction of sp³-hybridized carbons (Fsp3) is 0.176. The number of hydrogen-bond acceptors (Lipinski definition) is 5. The molecule has 2 heterocycles. The third-order valence-electron chi connectivity index (χ3n) is 3.62. The number of halogens is 1. The number of hydrogen-bond donors (Lipinski definition) is 1. The summed E-state index contributed by atoms with van der Waals surface area (Å²) in [4.78, 5) is 40.5. The van der Waals surface area contributed by atoms with Crippen molar-refractivity contribution in [1.82, 2.24) is 9.55 Å². The largest absolute Gasteiger partial charge is 0.338 e. The lowest BCUT2D eigenvalue weighted by atomic mass is 10.2. The van der Waals surface area contributed by atoms with Crippen LogP contribution in [0.15, 0.2) is 35.3 Å². The SMILES string of the molecule is CC(=O)c1sc(NC(=O)Cn2ccc(=O)c3cc(Cl)ccc32)nc1C. The summed E-state index contributed by atoms with van der Waals surface area (Å²) in [5.74, 6) is -0.387. The van der Waals surface area contributed by atoms with Gasteiger partial charge in [0.05, 0.1) is 16.1 Å². The van der Waals surface area contributed by atoms with E-state index in [1.807, 2.05) is 0 Å². The van der Waals surface area contributed by atoms with Crippen LogP contribution in [0, 0.1) is 6.92 Å². The molecule has 0 aliphatic carbocycles. The van der Waals surface area contributed by atoms with Gasteiger partial charge in [-0.2, -0.15) is 0 Å². The van der Waals surface area contributed by atoms with Crippen LogP contribution in [0.2, 0.25) is 5.02 Å². The number of benzene rings is 1. The van der Waals surface area contributed by atoms with Crippen molar-refractivity contribution in [3.63, 3.8) is 0 Å². The summed E-state index contributed by atoms with van der Waals surface area (Å²) in [6.07, 6.45) is 1.56. The molecule has 8 heteroatoms. The highest BCUT2D eigenvalue weighted by molar-refractivity contribution is 7.17. The van der Waals surface area contributed by atoms with Crippen LogP contribution in [0.3, 0.4) is 0 Å². The molecule has 0 bridgehead atoms. The van der Waals surface area contributed by atoms with Gasteiger partial charge >= 0.3 is 0 Å². The highest BCUT2D eigenvalue weighted by atomic mass is 35.5. The monoisotopic (exact) mass is 375 g/mol. The van der Waals surface area contributed by atoms with E-state index in [4.69, 9.17) is 11.6 Å². The maximum absolute atomic E-state index is 12.3. The Kier molecular flexibility index (Phi) is 4.69. The van der Waals surface area contributed by atoms with Gasteiger partial charge in [0, 0.05) is 29.6 Å². The minimum atomic E-state index is -0.302. The lowest BCUT2D eigenvalue weighted by Gasteiger charge is -2.10. The number of rotatable bonds is 4. The number of anilines is 1. The Morgan fingerprint density at radius 1 is 1.32 bits per heavy atom. The topological polar surface area (TPSA) is 81.1 Å². The second kappa shape index (κ2) is 6.78. The first kappa shape index (κ1) is 17.3. The molecule has 1 amide bonds. The molecular weight excluding hydrogens is 362 g/mol. The maximum atomic E-state index is 12.3. The summed E-state index contributed by atoms with van der Waals surface area (Å²) in [5.41, 5.74) is 1.05. The van der Waals surface area contributed by atoms with Crippen molar-refractivity contribution in [3.8, 4) is 0 Å². The fourth-order valence-corrected chi connectivity index (χ4v) is 3.56. The van der Waals surface area contributed by atoms with E-state index in [2.05, 4.69) is 10.3 Å². The Morgan fingerprint density at radius 3 is 2.76 bits per heavy atom. The number of carbonyl (C=O) groups is 2. The number of Topliss-reactive ketones (excluding diaryl/α,β-unsaturated/α-hetero) is 1. The average Bonchev–Trinajstić information content (AvgIpc) is 2.91. The Hall–Kier alpha value is -2.51. The molecule has 6 nitrogen and oxygen atoms in total. The molecule has 2 aromatic heterocycles. The molecule has 0 radical (unpaired) electrons. The van der Waals surface area contributed by atoms with E-state index in [1.54, 1.807) is 35.9 Å². The minimum Gasteiger partial charge on any atom is -0.338 e. The number of nitrogens with one attached hydrogen (secondary N) is 1. The van der Waals surface area contributed by atoms with E-state index >= 15 is 0 Å². The Bertz CT molecular complexity index is 1050. The van der Waals surface area contributed by atoms with Gasteiger partial charge in [0.2, 0.25) is 5.91 Å². The molecule has 0 aliphatic rings. The Labute approximate surface area is 152 Å². The van der Waals surface area contributed by atoms with Gasteiger partial charge in [0.25, 0.3) is 0 Å². The molecular formula is C17H14ClN3O3S. The molecule has 0 unspecified atom stereocenters. The van der Waals surface area contributed by atoms with Crippen LogP contribution in [-0.2, 0) is 11.3 Å². The number of carbonyl (C=O) groups excluding carboxylic acids is 2. The molecule has 1 aromatic carbocycles. The second-order valence-electron chi connectivity index (χ2n) is 5.51. The zero-order valence-electron chi connectivity index (χ0n) is 13.5. The molecule has 0 saturated carbocycles. The molecule has 0 spiro atoms. The molecule has 0 saturated heterocycles. The van der Waals surface area contributed by atoms with Crippen LogP contribution in [0.1, 0.15) is 22.3 Å². The Balaban J connectivity index is 1.85. The van der Waals surface area contributed by atoms with Crippen molar-refractivity contribution in [2.24, 2.45) is 0 Å². The van der Waals surface area contributed by atoms with Crippen molar-refractivity contribution >= 4 is 50.7 Å². The number of pyridine rings is 1. The van der Waals surface area contributed by atoms with Crippen molar-refractivity contribution in [1.29, 1.82) is 0 Å². The minimum absolute atomic E-state index is 0.00639. The molecule has 3 rings (SSSR count). The summed E-state index contributed by atoms with van der Waals surface area (Å²) in [6.45, 7) is 3.19. The maximum Gasteiger partial charge on any atom is 0.246 e. The number of thiazole rings is 1. The third-order valence-corrected chi connectivity index (χ3v) is 5.02. The lowest BCUT2D eigenvalue weighted by Crippen LogP contribution is -2.20. The van der Waals surface area contributed by atoms with Crippen molar-refractivity contribution < 1.29 is 9.59 Å². The molecule has 128 valence electrons. The van der Waals surface area contributed by atoms with Gasteiger partial charge < -0.3 is 9.88 Å². The van der Waals surface area contributed by atoms with E-state index in [-0.39, 0.29) is 23.7 Å². The number of aromatic nitrogens is 2. The van der Waals surface area contributed by atoms with Crippen LogP contribution in [-0.4, -0.2) is 21.2 Å². The van der Waals surface area contributed by atoms with Crippen molar-refractivity contribution in [2.45, 2.75) is 20.4 Å². The quantitative estimate of drug-likeness (QED) is 0.709. The van der Waals surface area contributed by atoms with Gasteiger partial charge in [0.15, 0.2) is 16.3 Å². The first-order chi connectivity index (χ1) is 11.8. The predicted octanol–water partition coefficient (Wildman–Crippen LogP) is 3.26. The molecule has 0 aliphatic heterocycles. The number of ketones is 1. The van der Waals surface area contributed by atoms with E-state index in [1.165, 1.54) is 13.0 Å². The molecule has 1 N–H and O–H groups in total. The smallest absolute Gasteiger partial charge is 0.246 e. The first-order valence-corrected chi connectivity index (χ1v) is 8.61. The molecule has 0 fully saturated rings. The molecule has 0 atom stereocenters. The van der Waals surface area contributed by atoms with Gasteiger partial charge in [0.1, 0.15) is 6.54 Å². The molecule has 25 heavy (non-hydrogen) atoms. The number of aryl methyl sites for hydroxylation is 1. The fourth-order valence-electron chi connectivity index (χ4n) is 2.51. The zero-order valence-corrected chi connectivity index (χ0v) is 15.1. The van der Waals surface area contributed by atoms with Crippen molar-refractivity contribution in [2.75, 3.05) is 5.32 Å². The zero-order chi connectivity index (χ0) is 18.1. The van der Waals surface area contributed by atoms with E-state index < -0.39 is 0 Å². The lowest BCUT2D eigenvalue weighted by molar-refractivity contribution is -0.116. The average molecular weight is 376 g/mol. The van der Waals surface area contributed by atoms with Gasteiger partial charge in [-0.15, -0.1) is 0 Å². The van der Waals surface area contributed by atoms with Gasteiger partial charge in [-0.05, 0) is 25.1 Å². The van der Waals surface area contributed by atoms with E-state index in [0.717, 1.165) is 11.3 Å². The Morgan fingerprint density at radius 2 is 2.08 bits per heavy atom. The summed E-state index contributed by atoms with van der Waals surface area (Å²) in [6, 6.07) is 6.35. The highest BCUT2D eigenvalue weighted by Crippen LogP contribution is 2.23. The molecule has 3 aromatic rings. The number of amides is 1. The summed E-state index contributed by atoms with van der Waals surface area (Å²) in [5, 5.41) is 3.98. The predicted molar refractivity (Wildman–Crippen MR) is 98.7 cm³/mol. The van der Waals surface area contributed by atoms with Crippen LogP contribution >= 0.6 is 22.9 Å².